The molecule has 3 rings (SSSR count). The Morgan fingerprint density at radius 2 is 1.48 bits per heavy atom. The van der Waals surface area contributed by atoms with Gasteiger partial charge in [-0.15, -0.1) is 0 Å². The predicted molar refractivity (Wildman–Crippen MR) is 119 cm³/mol. The molecule has 0 atom stereocenters. The Balaban J connectivity index is 1.74. The average molecular weight is 464 g/mol. The first-order chi connectivity index (χ1) is 14.7. The van der Waals surface area contributed by atoms with Gasteiger partial charge in [0.25, 0.3) is 15.8 Å². The summed E-state index contributed by atoms with van der Waals surface area (Å²) in [6.45, 7) is 1.63. The number of carbonyl (C=O) groups is 1. The average Bonchev–Trinajstić information content (AvgIpc) is 2.71. The summed E-state index contributed by atoms with van der Waals surface area (Å²) in [5, 5.41) is 5.25. The monoisotopic (exact) mass is 463 g/mol. The van der Waals surface area contributed by atoms with Crippen LogP contribution in [0.15, 0.2) is 82.6 Å². The number of aryl methyl sites for hydroxylation is 1. The molecule has 6 nitrogen and oxygen atoms in total. The summed E-state index contributed by atoms with van der Waals surface area (Å²) in [7, 11) is -3.97. The number of carbonyl (C=O) groups excluding carboxylic acids is 1. The lowest BCUT2D eigenvalue weighted by molar-refractivity contribution is 0.252. The third-order valence-corrected chi connectivity index (χ3v) is 6.34. The van der Waals surface area contributed by atoms with E-state index >= 15 is 0 Å². The number of amides is 2. The molecular weight excluding hydrogens is 444 g/mol. The maximum atomic E-state index is 12.8. The number of para-hydroxylation sites is 1. The summed E-state index contributed by atoms with van der Waals surface area (Å²) >= 11 is 0.375. The highest BCUT2D eigenvalue weighted by atomic mass is 32.2. The van der Waals surface area contributed by atoms with Gasteiger partial charge < -0.3 is 10.6 Å². The summed E-state index contributed by atoms with van der Waals surface area (Å²) < 4.78 is 53.0. The van der Waals surface area contributed by atoms with Crippen LogP contribution in [-0.2, 0) is 10.0 Å². The summed E-state index contributed by atoms with van der Waals surface area (Å²) in [6, 6.07) is 18.5. The van der Waals surface area contributed by atoms with Crippen LogP contribution in [0.5, 0.6) is 0 Å². The van der Waals surface area contributed by atoms with Gasteiger partial charge in [0.1, 0.15) is 0 Å². The van der Waals surface area contributed by atoms with Crippen molar-refractivity contribution in [1.29, 1.82) is 0 Å². The van der Waals surface area contributed by atoms with Gasteiger partial charge in [-0.2, -0.15) is 8.78 Å². The minimum Gasteiger partial charge on any atom is -0.308 e. The standard InChI is InChI=1S/C21H19F2N3O3S2/c1-14-7-8-17(25-21(27)24-15-5-3-2-4-6-15)13-19(14)31(28,29)26-16-9-11-18(12-10-16)30-20(22)23/h2-13,20,26H,1H3,(H2,24,25,27). The van der Waals surface area contributed by atoms with Gasteiger partial charge in [0.15, 0.2) is 0 Å². The van der Waals surface area contributed by atoms with E-state index in [1.54, 1.807) is 43.3 Å². The molecule has 0 bridgehead atoms. The van der Waals surface area contributed by atoms with Gasteiger partial charge in [-0.1, -0.05) is 36.0 Å². The maximum absolute atomic E-state index is 12.8. The fourth-order valence-corrected chi connectivity index (χ4v) is 4.53. The van der Waals surface area contributed by atoms with Crippen molar-refractivity contribution >= 4 is 44.9 Å². The summed E-state index contributed by atoms with van der Waals surface area (Å²) in [6.07, 6.45) is 0. The number of thioether (sulfide) groups is 1. The van der Waals surface area contributed by atoms with Crippen LogP contribution < -0.4 is 15.4 Å². The first-order valence-electron chi connectivity index (χ1n) is 9.04. The lowest BCUT2D eigenvalue weighted by atomic mass is 10.2. The van der Waals surface area contributed by atoms with E-state index in [9.17, 15) is 22.0 Å². The Kier molecular flexibility index (Phi) is 7.13. The lowest BCUT2D eigenvalue weighted by Crippen LogP contribution is -2.20. The van der Waals surface area contributed by atoms with Crippen LogP contribution in [0.1, 0.15) is 5.56 Å². The van der Waals surface area contributed by atoms with E-state index in [1.165, 1.54) is 30.3 Å². The van der Waals surface area contributed by atoms with Crippen molar-refractivity contribution in [1.82, 2.24) is 0 Å². The Hall–Kier alpha value is -3.11. The molecule has 3 aromatic carbocycles. The number of rotatable bonds is 7. The fraction of sp³-hybridized carbons (Fsp3) is 0.0952. The Labute approximate surface area is 183 Å². The maximum Gasteiger partial charge on any atom is 0.323 e. The van der Waals surface area contributed by atoms with Gasteiger partial charge in [-0.05, 0) is 61.0 Å². The summed E-state index contributed by atoms with van der Waals surface area (Å²) in [5.41, 5.74) is 1.60. The minimum absolute atomic E-state index is 0.0176. The highest BCUT2D eigenvalue weighted by Crippen LogP contribution is 2.28. The quantitative estimate of drug-likeness (QED) is 0.389. The zero-order chi connectivity index (χ0) is 22.4. The molecule has 0 spiro atoms. The second kappa shape index (κ2) is 9.80. The van der Waals surface area contributed by atoms with Crippen molar-refractivity contribution in [3.8, 4) is 0 Å². The van der Waals surface area contributed by atoms with Gasteiger partial charge in [0.05, 0.1) is 4.90 Å². The number of hydrogen-bond donors (Lipinski definition) is 3. The molecule has 0 saturated heterocycles. The van der Waals surface area contributed by atoms with Crippen molar-refractivity contribution in [2.75, 3.05) is 15.4 Å². The van der Waals surface area contributed by atoms with Crippen molar-refractivity contribution in [3.63, 3.8) is 0 Å². The normalized spacial score (nSPS) is 11.2. The number of halogens is 2. The number of sulfonamides is 1. The van der Waals surface area contributed by atoms with Crippen molar-refractivity contribution in [2.45, 2.75) is 22.5 Å². The number of alkyl halides is 2. The van der Waals surface area contributed by atoms with Crippen LogP contribution in [0.25, 0.3) is 0 Å². The molecule has 0 aliphatic carbocycles. The van der Waals surface area contributed by atoms with E-state index in [0.29, 0.717) is 33.6 Å². The molecule has 0 unspecified atom stereocenters. The highest BCUT2D eigenvalue weighted by Gasteiger charge is 2.18. The molecule has 3 aromatic rings. The molecule has 31 heavy (non-hydrogen) atoms. The van der Waals surface area contributed by atoms with Crippen LogP contribution in [0.4, 0.5) is 30.6 Å². The van der Waals surface area contributed by atoms with Crippen LogP contribution >= 0.6 is 11.8 Å². The molecule has 0 fully saturated rings. The summed E-state index contributed by atoms with van der Waals surface area (Å²) in [4.78, 5) is 12.5. The van der Waals surface area contributed by atoms with Crippen molar-refractivity contribution in [2.24, 2.45) is 0 Å². The van der Waals surface area contributed by atoms with E-state index in [2.05, 4.69) is 15.4 Å². The molecule has 3 N–H and O–H groups in total. The molecule has 0 radical (unpaired) electrons. The van der Waals surface area contributed by atoms with Crippen molar-refractivity contribution in [3.05, 3.63) is 78.4 Å². The van der Waals surface area contributed by atoms with E-state index in [1.807, 2.05) is 6.07 Å². The lowest BCUT2D eigenvalue weighted by Gasteiger charge is -2.13. The highest BCUT2D eigenvalue weighted by molar-refractivity contribution is 7.99. The zero-order valence-corrected chi connectivity index (χ0v) is 17.9. The van der Waals surface area contributed by atoms with Crippen LogP contribution in [0, 0.1) is 6.92 Å². The molecule has 0 aliphatic heterocycles. The Bertz CT molecular complexity index is 1160. The minimum atomic E-state index is -3.97. The number of nitrogens with one attached hydrogen (secondary N) is 3. The number of hydrogen-bond acceptors (Lipinski definition) is 4. The molecule has 10 heteroatoms. The first kappa shape index (κ1) is 22.6. The van der Waals surface area contributed by atoms with E-state index in [-0.39, 0.29) is 10.6 Å². The van der Waals surface area contributed by atoms with Gasteiger partial charge in [-0.3, -0.25) is 4.72 Å². The largest absolute Gasteiger partial charge is 0.323 e. The Morgan fingerprint density at radius 3 is 2.13 bits per heavy atom. The second-order valence-electron chi connectivity index (χ2n) is 6.43. The van der Waals surface area contributed by atoms with Gasteiger partial charge >= 0.3 is 6.03 Å². The third kappa shape index (κ3) is 6.43. The van der Waals surface area contributed by atoms with E-state index in [0.717, 1.165) is 0 Å². The van der Waals surface area contributed by atoms with Gasteiger partial charge in [0, 0.05) is 22.0 Å². The smallest absolute Gasteiger partial charge is 0.308 e. The zero-order valence-electron chi connectivity index (χ0n) is 16.3. The van der Waals surface area contributed by atoms with E-state index < -0.39 is 21.8 Å². The SMILES string of the molecule is Cc1ccc(NC(=O)Nc2ccccc2)cc1S(=O)(=O)Nc1ccc(SC(F)F)cc1. The molecular formula is C21H19F2N3O3S2. The predicted octanol–water partition coefficient (Wildman–Crippen LogP) is 5.75. The molecule has 0 saturated carbocycles. The number of urea groups is 1. The van der Waals surface area contributed by atoms with Crippen LogP contribution in [0.2, 0.25) is 0 Å². The third-order valence-electron chi connectivity index (χ3n) is 4.10. The molecule has 162 valence electrons. The first-order valence-corrected chi connectivity index (χ1v) is 11.4. The second-order valence-corrected chi connectivity index (χ2v) is 9.15. The molecule has 0 aliphatic rings. The molecule has 2 amide bonds. The Morgan fingerprint density at radius 1 is 0.871 bits per heavy atom. The van der Waals surface area contributed by atoms with E-state index in [4.69, 9.17) is 0 Å². The summed E-state index contributed by atoms with van der Waals surface area (Å²) in [5.74, 6) is -2.56. The number of anilines is 3. The van der Waals surface area contributed by atoms with Gasteiger partial charge in [-0.25, -0.2) is 13.2 Å². The van der Waals surface area contributed by atoms with Gasteiger partial charge in [0.2, 0.25) is 0 Å². The number of benzene rings is 3. The molecule has 0 heterocycles. The topological polar surface area (TPSA) is 87.3 Å². The van der Waals surface area contributed by atoms with Crippen molar-refractivity contribution < 1.29 is 22.0 Å². The fourth-order valence-electron chi connectivity index (χ4n) is 2.70. The van der Waals surface area contributed by atoms with Crippen LogP contribution in [0.3, 0.4) is 0 Å². The molecule has 0 aromatic heterocycles. The van der Waals surface area contributed by atoms with Crippen LogP contribution in [-0.4, -0.2) is 20.2 Å².